The first kappa shape index (κ1) is 14.1. The van der Waals surface area contributed by atoms with Gasteiger partial charge in [-0.1, -0.05) is 30.3 Å². The third-order valence-corrected chi connectivity index (χ3v) is 3.78. The molecule has 0 saturated carbocycles. The van der Waals surface area contributed by atoms with E-state index in [0.717, 1.165) is 11.3 Å². The van der Waals surface area contributed by atoms with E-state index < -0.39 is 0 Å². The van der Waals surface area contributed by atoms with Gasteiger partial charge in [0.25, 0.3) is 5.56 Å². The summed E-state index contributed by atoms with van der Waals surface area (Å²) in [5.74, 6) is 0.155. The highest BCUT2D eigenvalue weighted by Gasteiger charge is 2.09. The number of hydrogen-bond donors (Lipinski definition) is 1. The number of phenolic OH excluding ortho intramolecular Hbond substituents is 1. The molecule has 116 valence electrons. The molecule has 0 unspecified atom stereocenters. The maximum absolute atomic E-state index is 12.8. The normalized spacial score (nSPS) is 10.8. The van der Waals surface area contributed by atoms with Gasteiger partial charge in [0.15, 0.2) is 5.52 Å². The summed E-state index contributed by atoms with van der Waals surface area (Å²) in [4.78, 5) is 21.6. The van der Waals surface area contributed by atoms with Crippen molar-refractivity contribution < 1.29 is 5.11 Å². The van der Waals surface area contributed by atoms with Crippen LogP contribution in [0.5, 0.6) is 5.75 Å². The van der Waals surface area contributed by atoms with Crippen LogP contribution in [-0.4, -0.2) is 19.6 Å². The highest BCUT2D eigenvalue weighted by molar-refractivity contribution is 5.77. The van der Waals surface area contributed by atoms with Crippen LogP contribution in [-0.2, 0) is 0 Å². The van der Waals surface area contributed by atoms with Crippen molar-refractivity contribution in [2.45, 2.75) is 0 Å². The predicted molar refractivity (Wildman–Crippen MR) is 92.2 cm³/mol. The Kier molecular flexibility index (Phi) is 3.31. The number of aromatic nitrogens is 3. The molecule has 2 heterocycles. The van der Waals surface area contributed by atoms with E-state index in [9.17, 15) is 9.90 Å². The second-order valence-electron chi connectivity index (χ2n) is 5.37. The van der Waals surface area contributed by atoms with Crippen molar-refractivity contribution in [1.29, 1.82) is 0 Å². The minimum atomic E-state index is -0.229. The lowest BCUT2D eigenvalue weighted by Gasteiger charge is -2.07. The van der Waals surface area contributed by atoms with Gasteiger partial charge in [0.2, 0.25) is 0 Å². The predicted octanol–water partition coefficient (Wildman–Crippen LogP) is 3.15. The van der Waals surface area contributed by atoms with Gasteiger partial charge >= 0.3 is 0 Å². The quantitative estimate of drug-likeness (QED) is 0.617. The molecule has 0 aliphatic carbocycles. The van der Waals surface area contributed by atoms with E-state index in [1.807, 2.05) is 36.4 Å². The number of para-hydroxylation sites is 1. The third kappa shape index (κ3) is 2.42. The molecule has 1 N–H and O–H groups in total. The van der Waals surface area contributed by atoms with Crippen molar-refractivity contribution in [3.05, 3.63) is 83.4 Å². The second-order valence-corrected chi connectivity index (χ2v) is 5.37. The lowest BCUT2D eigenvalue weighted by molar-refractivity contribution is 0.475. The van der Waals surface area contributed by atoms with Crippen molar-refractivity contribution >= 4 is 11.0 Å². The standard InChI is InChI=1S/C19H13N3O2/c23-15-8-4-5-13(11-15)16-9-10-17-18(21-16)19(24)22(12-20-17)14-6-2-1-3-7-14/h1-12,23H. The Labute approximate surface area is 137 Å². The molecule has 5 nitrogen and oxygen atoms in total. The molecule has 0 radical (unpaired) electrons. The Morgan fingerprint density at radius 1 is 0.917 bits per heavy atom. The third-order valence-electron chi connectivity index (χ3n) is 3.78. The van der Waals surface area contributed by atoms with E-state index in [0.29, 0.717) is 16.7 Å². The number of aromatic hydroxyl groups is 1. The maximum Gasteiger partial charge on any atom is 0.284 e. The zero-order valence-electron chi connectivity index (χ0n) is 12.6. The van der Waals surface area contributed by atoms with Crippen LogP contribution < -0.4 is 5.56 Å². The minimum absolute atomic E-state index is 0.155. The molecule has 0 aliphatic heterocycles. The number of benzene rings is 2. The Morgan fingerprint density at radius 3 is 2.54 bits per heavy atom. The molecule has 0 aliphatic rings. The minimum Gasteiger partial charge on any atom is -0.508 e. The molecule has 0 atom stereocenters. The Morgan fingerprint density at radius 2 is 1.75 bits per heavy atom. The Bertz CT molecular complexity index is 1090. The van der Waals surface area contributed by atoms with Crippen LogP contribution in [0.15, 0.2) is 77.9 Å². The molecule has 0 spiro atoms. The highest BCUT2D eigenvalue weighted by Crippen LogP contribution is 2.22. The first-order valence-electron chi connectivity index (χ1n) is 7.45. The van der Waals surface area contributed by atoms with Crippen LogP contribution in [0, 0.1) is 0 Å². The smallest absolute Gasteiger partial charge is 0.284 e. The first-order valence-corrected chi connectivity index (χ1v) is 7.45. The summed E-state index contributed by atoms with van der Waals surface area (Å²) in [5, 5.41) is 9.63. The van der Waals surface area contributed by atoms with Gasteiger partial charge in [0.1, 0.15) is 12.1 Å². The zero-order chi connectivity index (χ0) is 16.5. The fourth-order valence-electron chi connectivity index (χ4n) is 2.60. The van der Waals surface area contributed by atoms with Gasteiger partial charge in [0.05, 0.1) is 16.9 Å². The number of hydrogen-bond acceptors (Lipinski definition) is 4. The first-order chi connectivity index (χ1) is 11.7. The van der Waals surface area contributed by atoms with E-state index in [2.05, 4.69) is 9.97 Å². The van der Waals surface area contributed by atoms with Gasteiger partial charge in [0, 0.05) is 5.56 Å². The Hall–Kier alpha value is -3.47. The summed E-state index contributed by atoms with van der Waals surface area (Å²) < 4.78 is 1.47. The summed E-state index contributed by atoms with van der Waals surface area (Å²) >= 11 is 0. The molecule has 0 saturated heterocycles. The van der Waals surface area contributed by atoms with Gasteiger partial charge in [-0.15, -0.1) is 0 Å². The van der Waals surface area contributed by atoms with Crippen molar-refractivity contribution in [3.8, 4) is 22.7 Å². The number of rotatable bonds is 2. The Balaban J connectivity index is 1.93. The van der Waals surface area contributed by atoms with E-state index in [-0.39, 0.29) is 11.3 Å². The monoisotopic (exact) mass is 315 g/mol. The van der Waals surface area contributed by atoms with Gasteiger partial charge in [-0.3, -0.25) is 9.36 Å². The van der Waals surface area contributed by atoms with Crippen molar-refractivity contribution in [3.63, 3.8) is 0 Å². The fourth-order valence-corrected chi connectivity index (χ4v) is 2.60. The molecule has 24 heavy (non-hydrogen) atoms. The molecule has 0 fully saturated rings. The zero-order valence-corrected chi connectivity index (χ0v) is 12.6. The molecule has 2 aromatic carbocycles. The maximum atomic E-state index is 12.8. The lowest BCUT2D eigenvalue weighted by atomic mass is 10.1. The second kappa shape index (κ2) is 5.62. The molecule has 5 heteroatoms. The van der Waals surface area contributed by atoms with Gasteiger partial charge in [-0.05, 0) is 36.4 Å². The molecular weight excluding hydrogens is 302 g/mol. The highest BCUT2D eigenvalue weighted by atomic mass is 16.3. The van der Waals surface area contributed by atoms with E-state index in [1.165, 1.54) is 10.9 Å². The number of fused-ring (bicyclic) bond motifs is 1. The van der Waals surface area contributed by atoms with Crippen molar-refractivity contribution in [1.82, 2.24) is 14.5 Å². The van der Waals surface area contributed by atoms with E-state index in [1.54, 1.807) is 30.3 Å². The van der Waals surface area contributed by atoms with Crippen LogP contribution in [0.25, 0.3) is 28.0 Å². The van der Waals surface area contributed by atoms with Crippen LogP contribution >= 0.6 is 0 Å². The van der Waals surface area contributed by atoms with Crippen molar-refractivity contribution in [2.24, 2.45) is 0 Å². The molecule has 0 bridgehead atoms. The van der Waals surface area contributed by atoms with Crippen LogP contribution in [0.4, 0.5) is 0 Å². The van der Waals surface area contributed by atoms with Crippen molar-refractivity contribution in [2.75, 3.05) is 0 Å². The molecular formula is C19H13N3O2. The largest absolute Gasteiger partial charge is 0.508 e. The lowest BCUT2D eigenvalue weighted by Crippen LogP contribution is -2.19. The number of pyridine rings is 1. The average Bonchev–Trinajstić information content (AvgIpc) is 2.63. The summed E-state index contributed by atoms with van der Waals surface area (Å²) in [6.07, 6.45) is 1.51. The molecule has 2 aromatic heterocycles. The van der Waals surface area contributed by atoms with Crippen LogP contribution in [0.3, 0.4) is 0 Å². The summed E-state index contributed by atoms with van der Waals surface area (Å²) in [6, 6.07) is 19.6. The summed E-state index contributed by atoms with van der Waals surface area (Å²) in [5.41, 5.74) is 2.70. The van der Waals surface area contributed by atoms with Crippen LogP contribution in [0.2, 0.25) is 0 Å². The van der Waals surface area contributed by atoms with E-state index in [4.69, 9.17) is 0 Å². The van der Waals surface area contributed by atoms with Crippen LogP contribution in [0.1, 0.15) is 0 Å². The SMILES string of the molecule is O=c1c2nc(-c3cccc(O)c3)ccc2ncn1-c1ccccc1. The topological polar surface area (TPSA) is 68.0 Å². The van der Waals surface area contributed by atoms with E-state index >= 15 is 0 Å². The molecule has 0 amide bonds. The van der Waals surface area contributed by atoms with Gasteiger partial charge in [-0.25, -0.2) is 9.97 Å². The number of phenols is 1. The molecule has 4 aromatic rings. The van der Waals surface area contributed by atoms with Gasteiger partial charge < -0.3 is 5.11 Å². The number of nitrogens with zero attached hydrogens (tertiary/aromatic N) is 3. The fraction of sp³-hybridized carbons (Fsp3) is 0. The average molecular weight is 315 g/mol. The van der Waals surface area contributed by atoms with Gasteiger partial charge in [-0.2, -0.15) is 0 Å². The summed E-state index contributed by atoms with van der Waals surface area (Å²) in [6.45, 7) is 0. The summed E-state index contributed by atoms with van der Waals surface area (Å²) in [7, 11) is 0. The molecule has 4 rings (SSSR count).